The first-order chi connectivity index (χ1) is 11.5. The van der Waals surface area contributed by atoms with E-state index in [1.54, 1.807) is 28.7 Å². The molecule has 0 N–H and O–H groups in total. The molecule has 3 aromatic heterocycles. The largest absolute Gasteiger partial charge is 0.462 e. The third-order valence-electron chi connectivity index (χ3n) is 3.38. The maximum absolute atomic E-state index is 12.2. The zero-order chi connectivity index (χ0) is 17.3. The lowest BCUT2D eigenvalue weighted by molar-refractivity contribution is 0.0525. The number of esters is 1. The van der Waals surface area contributed by atoms with E-state index in [1.807, 2.05) is 26.8 Å². The minimum Gasteiger partial charge on any atom is -0.462 e. The Morgan fingerprint density at radius 3 is 2.62 bits per heavy atom. The molecule has 0 aromatic carbocycles. The predicted octanol–water partition coefficient (Wildman–Crippen LogP) is 1.95. The van der Waals surface area contributed by atoms with Crippen molar-refractivity contribution in [3.05, 3.63) is 47.2 Å². The zero-order valence-electron chi connectivity index (χ0n) is 14.0. The second-order valence-electron chi connectivity index (χ2n) is 5.43. The van der Waals surface area contributed by atoms with Crippen LogP contribution in [0.1, 0.15) is 34.2 Å². The Kier molecular flexibility index (Phi) is 4.11. The molecule has 3 heterocycles. The van der Waals surface area contributed by atoms with Crippen molar-refractivity contribution in [3.8, 4) is 11.8 Å². The Bertz CT molecular complexity index is 896. The molecular formula is C16H18N6O2. The maximum Gasteiger partial charge on any atom is 0.343 e. The molecule has 0 aliphatic heterocycles. The van der Waals surface area contributed by atoms with E-state index < -0.39 is 5.97 Å². The van der Waals surface area contributed by atoms with Gasteiger partial charge in [0.25, 0.3) is 5.95 Å². The van der Waals surface area contributed by atoms with Gasteiger partial charge in [0.1, 0.15) is 5.56 Å². The normalized spacial score (nSPS) is 10.8. The number of hydrogen-bond donors (Lipinski definition) is 0. The Hall–Kier alpha value is -3.03. The fourth-order valence-corrected chi connectivity index (χ4v) is 2.35. The van der Waals surface area contributed by atoms with Gasteiger partial charge in [0.15, 0.2) is 5.82 Å². The van der Waals surface area contributed by atoms with Crippen molar-refractivity contribution in [2.45, 2.75) is 27.7 Å². The molecule has 124 valence electrons. The van der Waals surface area contributed by atoms with Gasteiger partial charge in [0, 0.05) is 18.1 Å². The second kappa shape index (κ2) is 6.23. The van der Waals surface area contributed by atoms with Gasteiger partial charge in [-0.25, -0.2) is 19.1 Å². The van der Waals surface area contributed by atoms with Crippen molar-refractivity contribution in [2.75, 3.05) is 6.61 Å². The van der Waals surface area contributed by atoms with E-state index >= 15 is 0 Å². The van der Waals surface area contributed by atoms with Crippen molar-refractivity contribution >= 4 is 5.97 Å². The fraction of sp³-hybridized carbons (Fsp3) is 0.312. The van der Waals surface area contributed by atoms with Crippen molar-refractivity contribution in [3.63, 3.8) is 0 Å². The van der Waals surface area contributed by atoms with Crippen LogP contribution in [0.25, 0.3) is 11.8 Å². The van der Waals surface area contributed by atoms with E-state index in [0.717, 1.165) is 17.0 Å². The summed E-state index contributed by atoms with van der Waals surface area (Å²) in [5.41, 5.74) is 2.97. The summed E-state index contributed by atoms with van der Waals surface area (Å²) in [5.74, 6) is 0.247. The third-order valence-corrected chi connectivity index (χ3v) is 3.38. The molecule has 8 heteroatoms. The summed E-state index contributed by atoms with van der Waals surface area (Å²) in [6, 6.07) is 1.93. The van der Waals surface area contributed by atoms with E-state index in [1.165, 1.54) is 6.20 Å². The van der Waals surface area contributed by atoms with E-state index in [4.69, 9.17) is 4.74 Å². The second-order valence-corrected chi connectivity index (χ2v) is 5.43. The molecule has 3 rings (SSSR count). The first-order valence-electron chi connectivity index (χ1n) is 7.59. The minimum absolute atomic E-state index is 0.255. The van der Waals surface area contributed by atoms with E-state index in [0.29, 0.717) is 11.8 Å². The number of carbonyl (C=O) groups excluding carboxylic acids is 1. The molecule has 3 aromatic rings. The number of ether oxygens (including phenoxy) is 1. The number of hydrogen-bond acceptors (Lipinski definition) is 6. The molecule has 8 nitrogen and oxygen atoms in total. The molecule has 0 saturated heterocycles. The summed E-state index contributed by atoms with van der Waals surface area (Å²) >= 11 is 0. The van der Waals surface area contributed by atoms with Gasteiger partial charge in [-0.1, -0.05) is 0 Å². The first kappa shape index (κ1) is 15.9. The van der Waals surface area contributed by atoms with Crippen LogP contribution in [-0.4, -0.2) is 42.1 Å². The van der Waals surface area contributed by atoms with Gasteiger partial charge in [-0.2, -0.15) is 15.2 Å². The quantitative estimate of drug-likeness (QED) is 0.681. The SMILES string of the molecule is CCOC(=O)c1cnc(-n2nc(C)cc2C)nc1-n1cc(C)cn1. The van der Waals surface area contributed by atoms with Crippen LogP contribution in [-0.2, 0) is 4.74 Å². The monoisotopic (exact) mass is 326 g/mol. The maximum atomic E-state index is 12.2. The predicted molar refractivity (Wildman–Crippen MR) is 86.4 cm³/mol. The Labute approximate surface area is 139 Å². The Morgan fingerprint density at radius 1 is 1.25 bits per heavy atom. The molecule has 0 unspecified atom stereocenters. The van der Waals surface area contributed by atoms with Crippen LogP contribution in [0.15, 0.2) is 24.7 Å². The summed E-state index contributed by atoms with van der Waals surface area (Å²) in [4.78, 5) is 21.0. The smallest absolute Gasteiger partial charge is 0.343 e. The molecule has 0 spiro atoms. The summed E-state index contributed by atoms with van der Waals surface area (Å²) in [6.07, 6.45) is 4.93. The van der Waals surface area contributed by atoms with E-state index in [9.17, 15) is 4.79 Å². The molecule has 0 amide bonds. The molecule has 0 aliphatic carbocycles. The van der Waals surface area contributed by atoms with Crippen molar-refractivity contribution in [1.82, 2.24) is 29.5 Å². The van der Waals surface area contributed by atoms with Crippen LogP contribution < -0.4 is 0 Å². The highest BCUT2D eigenvalue weighted by atomic mass is 16.5. The van der Waals surface area contributed by atoms with Gasteiger partial charge in [-0.15, -0.1) is 0 Å². The molecule has 0 atom stereocenters. The summed E-state index contributed by atoms with van der Waals surface area (Å²) in [7, 11) is 0. The number of nitrogens with zero attached hydrogens (tertiary/aromatic N) is 6. The molecule has 0 radical (unpaired) electrons. The fourth-order valence-electron chi connectivity index (χ4n) is 2.35. The molecular weight excluding hydrogens is 308 g/mol. The molecule has 0 saturated carbocycles. The molecule has 0 fully saturated rings. The van der Waals surface area contributed by atoms with Gasteiger partial charge >= 0.3 is 5.97 Å². The lowest BCUT2D eigenvalue weighted by Crippen LogP contribution is -2.15. The van der Waals surface area contributed by atoms with Crippen molar-refractivity contribution in [2.24, 2.45) is 0 Å². The highest BCUT2D eigenvalue weighted by Crippen LogP contribution is 2.16. The lowest BCUT2D eigenvalue weighted by Gasteiger charge is -2.10. The number of aromatic nitrogens is 6. The van der Waals surface area contributed by atoms with Crippen LogP contribution in [0.2, 0.25) is 0 Å². The zero-order valence-corrected chi connectivity index (χ0v) is 14.0. The summed E-state index contributed by atoms with van der Waals surface area (Å²) in [5, 5.41) is 8.62. The molecule has 24 heavy (non-hydrogen) atoms. The highest BCUT2D eigenvalue weighted by Gasteiger charge is 2.19. The third kappa shape index (κ3) is 2.90. The number of rotatable bonds is 4. The van der Waals surface area contributed by atoms with Crippen LogP contribution in [0.5, 0.6) is 0 Å². The van der Waals surface area contributed by atoms with E-state index in [-0.39, 0.29) is 12.2 Å². The van der Waals surface area contributed by atoms with E-state index in [2.05, 4.69) is 20.2 Å². The average Bonchev–Trinajstić information content (AvgIpc) is 3.12. The number of carbonyl (C=O) groups is 1. The standard InChI is InChI=1S/C16H18N6O2/c1-5-24-15(23)13-8-17-16(22-12(4)6-11(3)20-22)19-14(13)21-9-10(2)7-18-21/h6-9H,5H2,1-4H3. The van der Waals surface area contributed by atoms with Gasteiger partial charge in [-0.3, -0.25) is 0 Å². The number of aryl methyl sites for hydroxylation is 3. The van der Waals surface area contributed by atoms with Crippen molar-refractivity contribution < 1.29 is 9.53 Å². The van der Waals surface area contributed by atoms with Gasteiger partial charge in [0.05, 0.1) is 18.5 Å². The van der Waals surface area contributed by atoms with Crippen LogP contribution in [0.4, 0.5) is 0 Å². The summed E-state index contributed by atoms with van der Waals surface area (Å²) in [6.45, 7) is 7.75. The minimum atomic E-state index is -0.486. The Morgan fingerprint density at radius 2 is 2.04 bits per heavy atom. The molecule has 0 aliphatic rings. The van der Waals surface area contributed by atoms with Gasteiger partial charge < -0.3 is 4.74 Å². The highest BCUT2D eigenvalue weighted by molar-refractivity contribution is 5.92. The van der Waals surface area contributed by atoms with Crippen LogP contribution >= 0.6 is 0 Å². The Balaban J connectivity index is 2.15. The first-order valence-corrected chi connectivity index (χ1v) is 7.59. The topological polar surface area (TPSA) is 87.7 Å². The lowest BCUT2D eigenvalue weighted by atomic mass is 10.3. The van der Waals surface area contributed by atoms with Crippen LogP contribution in [0, 0.1) is 20.8 Å². The van der Waals surface area contributed by atoms with Gasteiger partial charge in [-0.05, 0) is 39.3 Å². The molecule has 0 bridgehead atoms. The van der Waals surface area contributed by atoms with Crippen molar-refractivity contribution in [1.29, 1.82) is 0 Å². The van der Waals surface area contributed by atoms with Gasteiger partial charge in [0.2, 0.25) is 0 Å². The average molecular weight is 326 g/mol. The van der Waals surface area contributed by atoms with Crippen LogP contribution in [0.3, 0.4) is 0 Å². The summed E-state index contributed by atoms with van der Waals surface area (Å²) < 4.78 is 8.26.